The van der Waals surface area contributed by atoms with Crippen LogP contribution in [0.3, 0.4) is 0 Å². The fourth-order valence-corrected chi connectivity index (χ4v) is 2.14. The highest BCUT2D eigenvalue weighted by atomic mass is 35.5. The average molecular weight is 324 g/mol. The molecule has 0 aliphatic carbocycles. The molecule has 0 saturated carbocycles. The van der Waals surface area contributed by atoms with E-state index >= 15 is 0 Å². The van der Waals surface area contributed by atoms with Gasteiger partial charge in [-0.15, -0.1) is 0 Å². The molecule has 0 aliphatic heterocycles. The zero-order valence-electron chi connectivity index (χ0n) is 10.3. The highest BCUT2D eigenvalue weighted by Crippen LogP contribution is 2.31. The summed E-state index contributed by atoms with van der Waals surface area (Å²) in [5.41, 5.74) is 0.785. The minimum absolute atomic E-state index is 0.160. The molecule has 8 heteroatoms. The van der Waals surface area contributed by atoms with Gasteiger partial charge in [-0.3, -0.25) is 0 Å². The van der Waals surface area contributed by atoms with Gasteiger partial charge in [0, 0.05) is 11.8 Å². The van der Waals surface area contributed by atoms with Crippen LogP contribution in [0.5, 0.6) is 11.5 Å². The molecule has 21 heavy (non-hydrogen) atoms. The fraction of sp³-hybridized carbons (Fsp3) is 0. The Hall–Kier alpha value is -2.31. The van der Waals surface area contributed by atoms with E-state index in [-0.39, 0.29) is 23.2 Å². The zero-order chi connectivity index (χ0) is 15.0. The highest BCUT2D eigenvalue weighted by molar-refractivity contribution is 6.35. The predicted octanol–water partition coefficient (Wildman–Crippen LogP) is 3.52. The van der Waals surface area contributed by atoms with Gasteiger partial charge in [0.15, 0.2) is 11.5 Å². The maximum atomic E-state index is 9.47. The van der Waals surface area contributed by atoms with Crippen molar-refractivity contribution >= 4 is 23.2 Å². The summed E-state index contributed by atoms with van der Waals surface area (Å²) in [6.07, 6.45) is 1.42. The van der Waals surface area contributed by atoms with Crippen molar-refractivity contribution in [2.75, 3.05) is 0 Å². The van der Waals surface area contributed by atoms with E-state index < -0.39 is 0 Å². The first kappa shape index (κ1) is 13.7. The van der Waals surface area contributed by atoms with Gasteiger partial charge in [-0.1, -0.05) is 28.4 Å². The van der Waals surface area contributed by atoms with Crippen LogP contribution in [0.25, 0.3) is 23.0 Å². The van der Waals surface area contributed by atoms with Crippen molar-refractivity contribution in [1.29, 1.82) is 0 Å². The molecule has 1 aromatic carbocycles. The molecule has 0 saturated heterocycles. The Bertz CT molecular complexity index is 820. The zero-order valence-corrected chi connectivity index (χ0v) is 11.8. The maximum Gasteiger partial charge on any atom is 0.258 e. The van der Waals surface area contributed by atoms with Crippen LogP contribution >= 0.6 is 23.2 Å². The van der Waals surface area contributed by atoms with Crippen LogP contribution in [0.4, 0.5) is 0 Å². The van der Waals surface area contributed by atoms with E-state index in [0.717, 1.165) is 0 Å². The highest BCUT2D eigenvalue weighted by Gasteiger charge is 2.15. The van der Waals surface area contributed by atoms with Gasteiger partial charge in [0.1, 0.15) is 5.69 Å². The van der Waals surface area contributed by atoms with Crippen LogP contribution in [0, 0.1) is 0 Å². The minimum atomic E-state index is -0.282. The Morgan fingerprint density at radius 1 is 1.05 bits per heavy atom. The van der Waals surface area contributed by atoms with Gasteiger partial charge < -0.3 is 14.7 Å². The summed E-state index contributed by atoms with van der Waals surface area (Å²) in [6, 6.07) is 5.68. The average Bonchev–Trinajstić information content (AvgIpc) is 2.91. The normalized spacial score (nSPS) is 10.8. The lowest BCUT2D eigenvalue weighted by molar-refractivity contribution is 0.402. The van der Waals surface area contributed by atoms with E-state index in [1.54, 1.807) is 0 Å². The van der Waals surface area contributed by atoms with Crippen molar-refractivity contribution < 1.29 is 14.7 Å². The largest absolute Gasteiger partial charge is 0.504 e. The summed E-state index contributed by atoms with van der Waals surface area (Å²) in [7, 11) is 0. The second-order valence-electron chi connectivity index (χ2n) is 4.11. The first-order chi connectivity index (χ1) is 10.0. The van der Waals surface area contributed by atoms with Crippen LogP contribution in [0.15, 0.2) is 35.0 Å². The van der Waals surface area contributed by atoms with E-state index in [9.17, 15) is 10.2 Å². The van der Waals surface area contributed by atoms with Crippen LogP contribution in [0.1, 0.15) is 0 Å². The topological polar surface area (TPSA) is 92.3 Å². The molecule has 0 spiro atoms. The van der Waals surface area contributed by atoms with E-state index in [0.29, 0.717) is 21.3 Å². The summed E-state index contributed by atoms with van der Waals surface area (Å²) in [4.78, 5) is 8.20. The van der Waals surface area contributed by atoms with Gasteiger partial charge in [-0.2, -0.15) is 4.98 Å². The van der Waals surface area contributed by atoms with Gasteiger partial charge in [0.25, 0.3) is 5.89 Å². The monoisotopic (exact) mass is 323 g/mol. The lowest BCUT2D eigenvalue weighted by Gasteiger charge is -1.98. The molecule has 0 atom stereocenters. The molecular weight excluding hydrogens is 317 g/mol. The lowest BCUT2D eigenvalue weighted by Crippen LogP contribution is -1.87. The van der Waals surface area contributed by atoms with Crippen molar-refractivity contribution in [3.05, 3.63) is 40.5 Å². The molecule has 0 aliphatic rings. The van der Waals surface area contributed by atoms with E-state index in [4.69, 9.17) is 27.7 Å². The van der Waals surface area contributed by atoms with Gasteiger partial charge in [-0.25, -0.2) is 4.98 Å². The third-order valence-corrected chi connectivity index (χ3v) is 3.16. The Morgan fingerprint density at radius 3 is 2.57 bits per heavy atom. The van der Waals surface area contributed by atoms with Crippen molar-refractivity contribution in [2.24, 2.45) is 0 Å². The van der Waals surface area contributed by atoms with Crippen molar-refractivity contribution in [3.8, 4) is 34.5 Å². The molecule has 6 nitrogen and oxygen atoms in total. The van der Waals surface area contributed by atoms with Gasteiger partial charge in [-0.05, 0) is 24.3 Å². The molecule has 0 fully saturated rings. The Kier molecular flexibility index (Phi) is 3.40. The summed E-state index contributed by atoms with van der Waals surface area (Å²) in [5.74, 6) is -0.164. The van der Waals surface area contributed by atoms with E-state index in [1.807, 2.05) is 0 Å². The summed E-state index contributed by atoms with van der Waals surface area (Å²) in [5, 5.41) is 23.2. The van der Waals surface area contributed by atoms with Crippen LogP contribution < -0.4 is 0 Å². The number of pyridine rings is 1. The SMILES string of the molecule is Oc1ccc(-c2nc(-c3ncc(Cl)cc3Cl)no2)cc1O. The third kappa shape index (κ3) is 2.63. The Morgan fingerprint density at radius 2 is 1.86 bits per heavy atom. The van der Waals surface area contributed by atoms with Crippen molar-refractivity contribution in [1.82, 2.24) is 15.1 Å². The summed E-state index contributed by atoms with van der Waals surface area (Å²) < 4.78 is 5.10. The van der Waals surface area contributed by atoms with Crippen molar-refractivity contribution in [3.63, 3.8) is 0 Å². The number of halogens is 2. The molecule has 2 N–H and O–H groups in total. The van der Waals surface area contributed by atoms with Crippen LogP contribution in [0.2, 0.25) is 10.0 Å². The van der Waals surface area contributed by atoms with E-state index in [2.05, 4.69) is 15.1 Å². The predicted molar refractivity (Wildman–Crippen MR) is 76.3 cm³/mol. The molecule has 0 amide bonds. The van der Waals surface area contributed by atoms with Gasteiger partial charge in [0.05, 0.1) is 10.0 Å². The van der Waals surface area contributed by atoms with Crippen molar-refractivity contribution in [2.45, 2.75) is 0 Å². The molecular formula is C13H7Cl2N3O3. The lowest BCUT2D eigenvalue weighted by atomic mass is 10.2. The Balaban J connectivity index is 2.01. The minimum Gasteiger partial charge on any atom is -0.504 e. The fourth-order valence-electron chi connectivity index (χ4n) is 1.67. The van der Waals surface area contributed by atoms with E-state index in [1.165, 1.54) is 30.5 Å². The number of phenols is 2. The number of aromatic hydroxyl groups is 2. The number of benzene rings is 1. The number of hydrogen-bond acceptors (Lipinski definition) is 6. The third-order valence-electron chi connectivity index (χ3n) is 2.67. The standard InChI is InChI=1S/C13H7Cl2N3O3/c14-7-4-8(15)11(16-5-7)12-17-13(21-18-12)6-1-2-9(19)10(20)3-6/h1-5,19-20H. The van der Waals surface area contributed by atoms with Crippen LogP contribution in [-0.4, -0.2) is 25.3 Å². The number of rotatable bonds is 2. The quantitative estimate of drug-likeness (QED) is 0.701. The number of aromatic nitrogens is 3. The second kappa shape index (κ2) is 5.23. The second-order valence-corrected chi connectivity index (χ2v) is 4.95. The Labute approximate surface area is 128 Å². The van der Waals surface area contributed by atoms with Crippen LogP contribution in [-0.2, 0) is 0 Å². The first-order valence-electron chi connectivity index (χ1n) is 5.72. The molecule has 0 unspecified atom stereocenters. The molecule has 0 radical (unpaired) electrons. The van der Waals surface area contributed by atoms with Gasteiger partial charge >= 0.3 is 0 Å². The van der Waals surface area contributed by atoms with Gasteiger partial charge in [0.2, 0.25) is 5.82 Å². The molecule has 0 bridgehead atoms. The number of phenolic OH excluding ortho intramolecular Hbond substituents is 2. The molecule has 3 rings (SSSR count). The number of nitrogens with zero attached hydrogens (tertiary/aromatic N) is 3. The maximum absolute atomic E-state index is 9.47. The molecule has 2 aromatic heterocycles. The molecule has 2 heterocycles. The summed E-state index contributed by atoms with van der Waals surface area (Å²) >= 11 is 11.8. The molecule has 3 aromatic rings. The smallest absolute Gasteiger partial charge is 0.258 e. The number of hydrogen-bond donors (Lipinski definition) is 2. The summed E-state index contributed by atoms with van der Waals surface area (Å²) in [6.45, 7) is 0. The molecule has 106 valence electrons. The first-order valence-corrected chi connectivity index (χ1v) is 6.47.